The number of nitrogens with zero attached hydrogens (tertiary/aromatic N) is 4. The first-order chi connectivity index (χ1) is 21.2. The van der Waals surface area contributed by atoms with Crippen molar-refractivity contribution in [3.8, 4) is 0 Å². The summed E-state index contributed by atoms with van der Waals surface area (Å²) in [5, 5.41) is 7.27. The normalized spacial score (nSPS) is 19.7. The van der Waals surface area contributed by atoms with E-state index in [2.05, 4.69) is 82.5 Å². The molecule has 11 heteroatoms. The van der Waals surface area contributed by atoms with E-state index in [1.807, 2.05) is 12.4 Å². The largest absolute Gasteiger partial charge is 0.444 e. The highest BCUT2D eigenvalue weighted by molar-refractivity contribution is 8.00. The minimum Gasteiger partial charge on any atom is -0.444 e. The number of piperidine rings is 2. The number of rotatable bonds is 11. The Balaban J connectivity index is 0.00000400. The Morgan fingerprint density at radius 2 is 1.73 bits per heavy atom. The minimum absolute atomic E-state index is 0. The summed E-state index contributed by atoms with van der Waals surface area (Å²) >= 11 is 3.16. The van der Waals surface area contributed by atoms with Crippen LogP contribution in [0.5, 0.6) is 0 Å². The lowest BCUT2D eigenvalue weighted by molar-refractivity contribution is -0.121. The number of carbonyl (C=O) groups excluding carboxylic acids is 1. The zero-order chi connectivity index (χ0) is 30.7. The molecule has 2 N–H and O–H groups in total. The highest BCUT2D eigenvalue weighted by atomic mass is 35.5. The number of oxazole rings is 1. The Kier molecular flexibility index (Phi) is 11.7. The first-order valence-corrected chi connectivity index (χ1v) is 18.1. The van der Waals surface area contributed by atoms with Crippen LogP contribution in [0.1, 0.15) is 88.1 Å². The number of nitrogens with one attached hydrogen (secondary N) is 2. The van der Waals surface area contributed by atoms with Crippen molar-refractivity contribution >= 4 is 46.5 Å². The van der Waals surface area contributed by atoms with Crippen LogP contribution >= 0.6 is 35.5 Å². The van der Waals surface area contributed by atoms with E-state index in [4.69, 9.17) is 4.42 Å². The lowest BCUT2D eigenvalue weighted by Gasteiger charge is -2.41. The highest BCUT2D eigenvalue weighted by Gasteiger charge is 2.32. The summed E-state index contributed by atoms with van der Waals surface area (Å²) in [6.45, 7) is 11.7. The number of thioether (sulfide) groups is 1. The maximum Gasteiger partial charge on any atom is 0.229 e. The van der Waals surface area contributed by atoms with Crippen molar-refractivity contribution in [2.75, 3.05) is 38.5 Å². The Morgan fingerprint density at radius 1 is 1.02 bits per heavy atom. The zero-order valence-electron chi connectivity index (χ0n) is 27.1. The number of carbonyl (C=O) groups is 1. The molecule has 1 saturated carbocycles. The van der Waals surface area contributed by atoms with Crippen molar-refractivity contribution in [2.45, 2.75) is 93.3 Å². The van der Waals surface area contributed by atoms with Gasteiger partial charge in [0.05, 0.1) is 22.4 Å². The molecular weight excluding hydrogens is 624 g/mol. The number of thiazole rings is 1. The molecule has 2 aliphatic heterocycles. The van der Waals surface area contributed by atoms with Gasteiger partial charge in [0.25, 0.3) is 0 Å². The average Bonchev–Trinajstić information content (AvgIpc) is 3.54. The molecule has 4 heterocycles. The Hall–Kier alpha value is -1.95. The molecule has 1 atom stereocenters. The van der Waals surface area contributed by atoms with E-state index in [0.717, 1.165) is 61.5 Å². The van der Waals surface area contributed by atoms with Crippen LogP contribution in [0.25, 0.3) is 0 Å². The average molecular weight is 673 g/mol. The molecule has 2 saturated heterocycles. The van der Waals surface area contributed by atoms with Gasteiger partial charge in [-0.2, -0.15) is 0 Å². The molecule has 3 fully saturated rings. The van der Waals surface area contributed by atoms with Crippen LogP contribution in [0, 0.1) is 11.8 Å². The number of aromatic nitrogens is 2. The van der Waals surface area contributed by atoms with E-state index in [-0.39, 0.29) is 29.6 Å². The molecule has 2 aromatic heterocycles. The monoisotopic (exact) mass is 672 g/mol. The fourth-order valence-electron chi connectivity index (χ4n) is 6.61. The van der Waals surface area contributed by atoms with Gasteiger partial charge in [0, 0.05) is 30.0 Å². The van der Waals surface area contributed by atoms with Crippen LogP contribution in [0.4, 0.5) is 5.13 Å². The van der Waals surface area contributed by atoms with Gasteiger partial charge in [-0.05, 0) is 88.8 Å². The highest BCUT2D eigenvalue weighted by Crippen LogP contribution is 2.41. The summed E-state index contributed by atoms with van der Waals surface area (Å²) in [4.78, 5) is 27.2. The first-order valence-electron chi connectivity index (χ1n) is 16.3. The molecular formula is C34H49ClN6O2S2. The second-order valence-electron chi connectivity index (χ2n) is 13.8. The predicted molar refractivity (Wildman–Crippen MR) is 186 cm³/mol. The lowest BCUT2D eigenvalue weighted by Crippen LogP contribution is -2.48. The fourth-order valence-corrected chi connectivity index (χ4v) is 8.34. The summed E-state index contributed by atoms with van der Waals surface area (Å²) in [7, 11) is 2.08. The van der Waals surface area contributed by atoms with E-state index in [1.165, 1.54) is 48.1 Å². The molecule has 0 radical (unpaired) electrons. The van der Waals surface area contributed by atoms with Gasteiger partial charge >= 0.3 is 0 Å². The van der Waals surface area contributed by atoms with Crippen LogP contribution in [0.2, 0.25) is 0 Å². The Bertz CT molecular complexity index is 1370. The van der Waals surface area contributed by atoms with Gasteiger partial charge in [0.2, 0.25) is 11.8 Å². The number of halogens is 1. The number of benzene rings is 1. The molecule has 0 bridgehead atoms. The van der Waals surface area contributed by atoms with Crippen LogP contribution in [-0.4, -0.2) is 64.9 Å². The van der Waals surface area contributed by atoms with Crippen LogP contribution in [0.3, 0.4) is 0 Å². The van der Waals surface area contributed by atoms with Gasteiger partial charge in [0.1, 0.15) is 5.76 Å². The summed E-state index contributed by atoms with van der Waals surface area (Å²) < 4.78 is 6.94. The molecule has 8 nitrogen and oxygen atoms in total. The molecule has 3 aromatic rings. The van der Waals surface area contributed by atoms with Crippen molar-refractivity contribution in [2.24, 2.45) is 11.8 Å². The minimum atomic E-state index is -0.0507. The topological polar surface area (TPSA) is 86.5 Å². The van der Waals surface area contributed by atoms with Gasteiger partial charge < -0.3 is 20.0 Å². The number of anilines is 1. The number of hydrogen-bond donors (Lipinski definition) is 2. The van der Waals surface area contributed by atoms with E-state index in [0.29, 0.717) is 28.9 Å². The number of amides is 1. The van der Waals surface area contributed by atoms with Gasteiger partial charge in [0.15, 0.2) is 5.13 Å². The second-order valence-corrected chi connectivity index (χ2v) is 16.1. The number of likely N-dealkylation sites (tertiary alicyclic amines) is 2. The molecule has 1 amide bonds. The summed E-state index contributed by atoms with van der Waals surface area (Å²) in [6, 6.07) is 10.5. The summed E-state index contributed by atoms with van der Waals surface area (Å²) in [5.41, 5.74) is 2.80. The van der Waals surface area contributed by atoms with Crippen LogP contribution < -0.4 is 10.6 Å². The smallest absolute Gasteiger partial charge is 0.229 e. The van der Waals surface area contributed by atoms with Crippen molar-refractivity contribution < 1.29 is 9.21 Å². The first kappa shape index (κ1) is 34.4. The molecule has 3 aliphatic rings. The van der Waals surface area contributed by atoms with Crippen LogP contribution in [0.15, 0.2) is 45.3 Å². The van der Waals surface area contributed by atoms with E-state index in [1.54, 1.807) is 11.8 Å². The maximum absolute atomic E-state index is 13.1. The summed E-state index contributed by atoms with van der Waals surface area (Å²) in [5.74, 6) is 3.24. The predicted octanol–water partition coefficient (Wildman–Crippen LogP) is 7.13. The third kappa shape index (κ3) is 9.11. The molecule has 45 heavy (non-hydrogen) atoms. The van der Waals surface area contributed by atoms with Crippen molar-refractivity contribution in [3.05, 3.63) is 59.4 Å². The zero-order valence-corrected chi connectivity index (χ0v) is 29.5. The van der Waals surface area contributed by atoms with Gasteiger partial charge in [-0.15, -0.1) is 24.2 Å². The van der Waals surface area contributed by atoms with E-state index in [9.17, 15) is 4.79 Å². The quantitative estimate of drug-likeness (QED) is 0.208. The fraction of sp³-hybridized carbons (Fsp3) is 0.618. The van der Waals surface area contributed by atoms with Crippen molar-refractivity contribution in [3.63, 3.8) is 0 Å². The maximum atomic E-state index is 13.1. The third-order valence-corrected chi connectivity index (χ3v) is 11.6. The van der Waals surface area contributed by atoms with Crippen LogP contribution in [-0.2, 0) is 22.5 Å². The molecule has 0 spiro atoms. The van der Waals surface area contributed by atoms with Crippen molar-refractivity contribution in [1.29, 1.82) is 0 Å². The molecule has 6 rings (SSSR count). The second kappa shape index (κ2) is 15.3. The lowest BCUT2D eigenvalue weighted by atomic mass is 9.92. The standard InChI is InChI=1S/C34H48N6O2S2.ClH/c1-34(2,3)28-19-36-29(42-28)22-43-30-20-37-33(44-30)38-32(41)26-11-17-40(18-12-26)27-13-15-39(16-14-27)21-23-5-7-24(8-6-23)31(35-4)25-9-10-25;/h5-8,19-20,25-27,31,35H,9-18,21-22H2,1-4H3,(H,37,38,41);1H. The van der Waals surface area contributed by atoms with E-state index < -0.39 is 0 Å². The van der Waals surface area contributed by atoms with Gasteiger partial charge in [-0.1, -0.05) is 56.4 Å². The third-order valence-electron chi connectivity index (χ3n) is 9.47. The van der Waals surface area contributed by atoms with E-state index >= 15 is 0 Å². The number of hydrogen-bond acceptors (Lipinski definition) is 9. The SMILES string of the molecule is CNC(c1ccc(CN2CCC(N3CCC(C(=O)Nc4ncc(SCc5ncc(C(C)(C)C)o5)s4)CC3)CC2)cc1)C1CC1.Cl. The Morgan fingerprint density at radius 3 is 2.36 bits per heavy atom. The molecule has 1 unspecified atom stereocenters. The van der Waals surface area contributed by atoms with Gasteiger partial charge in [-0.3, -0.25) is 9.69 Å². The molecule has 1 aliphatic carbocycles. The summed E-state index contributed by atoms with van der Waals surface area (Å²) in [6.07, 6.45) is 10.6. The van der Waals surface area contributed by atoms with Crippen molar-refractivity contribution in [1.82, 2.24) is 25.1 Å². The van der Waals surface area contributed by atoms with Gasteiger partial charge in [-0.25, -0.2) is 9.97 Å². The Labute approximate surface area is 282 Å². The molecule has 246 valence electrons. The molecule has 1 aromatic carbocycles.